The summed E-state index contributed by atoms with van der Waals surface area (Å²) in [5, 5.41) is 22.1. The smallest absolute Gasteiger partial charge is 0.415 e. The number of carbonyl (C=O) groups is 1. The summed E-state index contributed by atoms with van der Waals surface area (Å²) in [7, 11) is 0. The fraction of sp³-hybridized carbons (Fsp3) is 0.333. The molecule has 0 spiro atoms. The minimum absolute atomic E-state index is 0.0245. The second-order valence-electron chi connectivity index (χ2n) is 4.39. The zero-order valence-electron chi connectivity index (χ0n) is 10.9. The first-order valence-corrected chi connectivity index (χ1v) is 6.62. The highest BCUT2D eigenvalue weighted by atomic mass is 32.1. The molecule has 2 rings (SSSR count). The lowest BCUT2D eigenvalue weighted by molar-refractivity contribution is -0.384. The van der Waals surface area contributed by atoms with Gasteiger partial charge in [-0.15, -0.1) is 0 Å². The average Bonchev–Trinajstić information content (AvgIpc) is 2.86. The molecule has 1 aliphatic rings. The van der Waals surface area contributed by atoms with Crippen molar-refractivity contribution in [1.82, 2.24) is 4.90 Å². The standard InChI is InChI=1S/C12H13N3O5S/c16-12(14-6-5-10(21)11(14)13-17)20-7-8-1-3-9(4-2-8)15(18)19/h1-4,10,17,21H,5-7H2/b13-11-. The highest BCUT2D eigenvalue weighted by Gasteiger charge is 2.33. The van der Waals surface area contributed by atoms with Crippen LogP contribution in [0.5, 0.6) is 0 Å². The van der Waals surface area contributed by atoms with Crippen molar-refractivity contribution >= 4 is 30.2 Å². The molecule has 0 aromatic heterocycles. The van der Waals surface area contributed by atoms with Crippen LogP contribution in [-0.2, 0) is 11.3 Å². The number of carbonyl (C=O) groups excluding carboxylic acids is 1. The number of benzene rings is 1. The molecule has 8 nitrogen and oxygen atoms in total. The van der Waals surface area contributed by atoms with Gasteiger partial charge in [0.15, 0.2) is 5.84 Å². The average molecular weight is 311 g/mol. The molecule has 0 bridgehead atoms. The van der Waals surface area contributed by atoms with Crippen molar-refractivity contribution in [2.75, 3.05) is 6.54 Å². The number of hydrogen-bond donors (Lipinski definition) is 2. The molecular formula is C12H13N3O5S. The summed E-state index contributed by atoms with van der Waals surface area (Å²) in [6.07, 6.45) is -0.0625. The number of nitrogens with zero attached hydrogens (tertiary/aromatic N) is 3. The maximum atomic E-state index is 11.9. The first-order valence-electron chi connectivity index (χ1n) is 6.10. The third kappa shape index (κ3) is 3.43. The van der Waals surface area contributed by atoms with Gasteiger partial charge in [-0.1, -0.05) is 5.16 Å². The molecule has 1 N–H and O–H groups in total. The van der Waals surface area contributed by atoms with Crippen molar-refractivity contribution in [1.29, 1.82) is 0 Å². The molecule has 1 aliphatic heterocycles. The van der Waals surface area contributed by atoms with Crippen LogP contribution < -0.4 is 0 Å². The van der Waals surface area contributed by atoms with E-state index < -0.39 is 11.0 Å². The van der Waals surface area contributed by atoms with Crippen LogP contribution in [0.1, 0.15) is 12.0 Å². The van der Waals surface area contributed by atoms with Crippen LogP contribution in [0.15, 0.2) is 29.4 Å². The molecule has 1 saturated heterocycles. The Bertz CT molecular complexity index is 575. The normalized spacial score (nSPS) is 19.8. The van der Waals surface area contributed by atoms with Gasteiger partial charge < -0.3 is 9.94 Å². The Morgan fingerprint density at radius 1 is 1.52 bits per heavy atom. The van der Waals surface area contributed by atoms with Crippen LogP contribution in [0.4, 0.5) is 10.5 Å². The van der Waals surface area contributed by atoms with Crippen LogP contribution >= 0.6 is 12.6 Å². The van der Waals surface area contributed by atoms with E-state index in [1.807, 2.05) is 0 Å². The van der Waals surface area contributed by atoms with E-state index in [0.29, 0.717) is 18.5 Å². The molecule has 0 aliphatic carbocycles. The summed E-state index contributed by atoms with van der Waals surface area (Å²) in [6, 6.07) is 5.70. The molecule has 21 heavy (non-hydrogen) atoms. The Labute approximate surface area is 125 Å². The van der Waals surface area contributed by atoms with Crippen molar-refractivity contribution in [3.63, 3.8) is 0 Å². The largest absolute Gasteiger partial charge is 0.444 e. The Morgan fingerprint density at radius 2 is 2.19 bits per heavy atom. The lowest BCUT2D eigenvalue weighted by Gasteiger charge is -2.16. The number of non-ortho nitro benzene ring substituents is 1. The van der Waals surface area contributed by atoms with Crippen molar-refractivity contribution in [3.8, 4) is 0 Å². The molecule has 112 valence electrons. The van der Waals surface area contributed by atoms with Gasteiger partial charge in [0.25, 0.3) is 5.69 Å². The number of likely N-dealkylation sites (tertiary alicyclic amines) is 1. The molecule has 0 saturated carbocycles. The lowest BCUT2D eigenvalue weighted by Crippen LogP contribution is -2.34. The Kier molecular flexibility index (Phi) is 4.63. The quantitative estimate of drug-likeness (QED) is 0.384. The van der Waals surface area contributed by atoms with Gasteiger partial charge in [0.2, 0.25) is 0 Å². The summed E-state index contributed by atoms with van der Waals surface area (Å²) in [4.78, 5) is 23.1. The Morgan fingerprint density at radius 3 is 2.76 bits per heavy atom. The molecule has 1 aromatic carbocycles. The minimum atomic E-state index is -0.641. The van der Waals surface area contributed by atoms with E-state index in [1.54, 1.807) is 0 Å². The van der Waals surface area contributed by atoms with Crippen molar-refractivity contribution in [2.45, 2.75) is 18.3 Å². The van der Waals surface area contributed by atoms with Gasteiger partial charge >= 0.3 is 6.09 Å². The number of nitro benzene ring substituents is 1. The van der Waals surface area contributed by atoms with E-state index in [-0.39, 0.29) is 23.4 Å². The van der Waals surface area contributed by atoms with Gasteiger partial charge in [-0.25, -0.2) is 4.79 Å². The van der Waals surface area contributed by atoms with Gasteiger partial charge in [-0.05, 0) is 24.1 Å². The summed E-state index contributed by atoms with van der Waals surface area (Å²) in [5.41, 5.74) is 0.593. The zero-order valence-corrected chi connectivity index (χ0v) is 11.8. The summed E-state index contributed by atoms with van der Waals surface area (Å²) < 4.78 is 5.08. The third-order valence-corrected chi connectivity index (χ3v) is 3.52. The van der Waals surface area contributed by atoms with Crippen LogP contribution in [0, 0.1) is 10.1 Å². The molecule has 9 heteroatoms. The van der Waals surface area contributed by atoms with Gasteiger partial charge in [-0.2, -0.15) is 12.6 Å². The number of rotatable bonds is 3. The number of amidine groups is 1. The second-order valence-corrected chi connectivity index (χ2v) is 5.02. The van der Waals surface area contributed by atoms with Crippen LogP contribution in [0.25, 0.3) is 0 Å². The lowest BCUT2D eigenvalue weighted by atomic mass is 10.2. The van der Waals surface area contributed by atoms with Crippen molar-refractivity contribution < 1.29 is 19.7 Å². The molecule has 1 heterocycles. The summed E-state index contributed by atoms with van der Waals surface area (Å²) in [6.45, 7) is 0.343. The van der Waals surface area contributed by atoms with E-state index in [2.05, 4.69) is 17.8 Å². The highest BCUT2D eigenvalue weighted by molar-refractivity contribution is 7.81. The fourth-order valence-electron chi connectivity index (χ4n) is 1.92. The predicted octanol–water partition coefficient (Wildman–Crippen LogP) is 2.02. The summed E-state index contributed by atoms with van der Waals surface area (Å²) in [5.74, 6) is 0.159. The van der Waals surface area contributed by atoms with Crippen LogP contribution in [0.3, 0.4) is 0 Å². The minimum Gasteiger partial charge on any atom is -0.444 e. The van der Waals surface area contributed by atoms with Crippen LogP contribution in [0.2, 0.25) is 0 Å². The van der Waals surface area contributed by atoms with Gasteiger partial charge in [0, 0.05) is 18.7 Å². The van der Waals surface area contributed by atoms with E-state index >= 15 is 0 Å². The highest BCUT2D eigenvalue weighted by Crippen LogP contribution is 2.19. The number of amides is 1. The van der Waals surface area contributed by atoms with E-state index in [0.717, 1.165) is 0 Å². The van der Waals surface area contributed by atoms with Crippen LogP contribution in [-0.4, -0.2) is 38.8 Å². The number of thiol groups is 1. The molecule has 1 amide bonds. The summed E-state index contributed by atoms with van der Waals surface area (Å²) >= 11 is 4.19. The molecule has 0 radical (unpaired) electrons. The van der Waals surface area contributed by atoms with Gasteiger partial charge in [0.05, 0.1) is 10.2 Å². The zero-order chi connectivity index (χ0) is 15.4. The van der Waals surface area contributed by atoms with Crippen molar-refractivity contribution in [3.05, 3.63) is 39.9 Å². The number of hydrogen-bond acceptors (Lipinski definition) is 7. The van der Waals surface area contributed by atoms with E-state index in [4.69, 9.17) is 9.94 Å². The van der Waals surface area contributed by atoms with Gasteiger partial charge in [-0.3, -0.25) is 15.0 Å². The molecule has 1 aromatic rings. The Balaban J connectivity index is 1.94. The molecule has 1 atom stereocenters. The maximum absolute atomic E-state index is 11.9. The third-order valence-electron chi connectivity index (χ3n) is 3.03. The molecule has 1 fully saturated rings. The predicted molar refractivity (Wildman–Crippen MR) is 76.6 cm³/mol. The maximum Gasteiger partial charge on any atom is 0.415 e. The number of nitro groups is 1. The van der Waals surface area contributed by atoms with E-state index in [9.17, 15) is 14.9 Å². The first-order chi connectivity index (χ1) is 10.0. The van der Waals surface area contributed by atoms with Crippen molar-refractivity contribution in [2.24, 2.45) is 5.16 Å². The fourth-order valence-corrected chi connectivity index (χ4v) is 2.22. The first kappa shape index (κ1) is 15.1. The number of oxime groups is 1. The second kappa shape index (κ2) is 6.44. The van der Waals surface area contributed by atoms with E-state index in [1.165, 1.54) is 29.2 Å². The SMILES string of the molecule is O=C(OCc1ccc([N+](=O)[O-])cc1)N1CCC(S)/C1=N/O. The number of ether oxygens (including phenoxy) is 1. The molecule has 1 unspecified atom stereocenters. The Hall–Kier alpha value is -2.29. The molecular weight excluding hydrogens is 298 g/mol. The topological polar surface area (TPSA) is 105 Å². The monoisotopic (exact) mass is 311 g/mol. The van der Waals surface area contributed by atoms with Gasteiger partial charge in [0.1, 0.15) is 6.61 Å².